The minimum Gasteiger partial charge on any atom is -0.300 e. The normalized spacial score (nSPS) is 15.7. The van der Waals surface area contributed by atoms with Crippen LogP contribution in [0.3, 0.4) is 0 Å². The number of nitrogens with one attached hydrogen (secondary N) is 1. The molecule has 9 heteroatoms. The smallest absolute Gasteiger partial charge is 0.229 e. The molecule has 1 N–H and O–H groups in total. The van der Waals surface area contributed by atoms with Crippen LogP contribution in [0.25, 0.3) is 0 Å². The summed E-state index contributed by atoms with van der Waals surface area (Å²) < 4.78 is 25.6. The lowest BCUT2D eigenvalue weighted by atomic mass is 9.89. The molecule has 1 fully saturated rings. The van der Waals surface area contributed by atoms with Crippen LogP contribution in [0, 0.1) is 5.92 Å². The van der Waals surface area contributed by atoms with Gasteiger partial charge in [-0.2, -0.15) is 0 Å². The van der Waals surface area contributed by atoms with Gasteiger partial charge >= 0.3 is 0 Å². The van der Waals surface area contributed by atoms with E-state index in [1.54, 1.807) is 24.3 Å². The molecule has 0 radical (unpaired) electrons. The summed E-state index contributed by atoms with van der Waals surface area (Å²) in [6, 6.07) is 6.57. The Morgan fingerprint density at radius 2 is 1.85 bits per heavy atom. The molecule has 1 aromatic carbocycles. The molecule has 140 valence electrons. The van der Waals surface area contributed by atoms with Gasteiger partial charge in [0.1, 0.15) is 5.01 Å². The number of rotatable bonds is 6. The number of aromatic nitrogens is 2. The van der Waals surface area contributed by atoms with Gasteiger partial charge < -0.3 is 5.32 Å². The van der Waals surface area contributed by atoms with Crippen LogP contribution in [-0.2, 0) is 21.1 Å². The van der Waals surface area contributed by atoms with Crippen LogP contribution in [0.2, 0.25) is 0 Å². The lowest BCUT2D eigenvalue weighted by Gasteiger charge is -2.19. The second kappa shape index (κ2) is 8.58. The average molecular weight is 458 g/mol. The summed E-state index contributed by atoms with van der Waals surface area (Å²) in [4.78, 5) is 12.5. The van der Waals surface area contributed by atoms with Crippen molar-refractivity contribution in [1.29, 1.82) is 0 Å². The highest BCUT2D eigenvalue weighted by Gasteiger charge is 2.22. The number of anilines is 1. The average Bonchev–Trinajstić information content (AvgIpc) is 3.09. The Hall–Kier alpha value is -1.32. The van der Waals surface area contributed by atoms with Crippen molar-refractivity contribution in [2.24, 2.45) is 5.92 Å². The molecule has 2 aromatic rings. The van der Waals surface area contributed by atoms with Gasteiger partial charge in [0.05, 0.1) is 10.6 Å². The summed E-state index contributed by atoms with van der Waals surface area (Å²) in [5.41, 5.74) is 0. The number of carbonyl (C=O) groups is 1. The highest BCUT2D eigenvalue weighted by atomic mass is 79.9. The van der Waals surface area contributed by atoms with Crippen LogP contribution in [0.5, 0.6) is 0 Å². The van der Waals surface area contributed by atoms with Crippen molar-refractivity contribution in [3.8, 4) is 0 Å². The molecule has 0 saturated heterocycles. The van der Waals surface area contributed by atoms with Gasteiger partial charge in [0.2, 0.25) is 11.0 Å². The van der Waals surface area contributed by atoms with Crippen LogP contribution >= 0.6 is 27.3 Å². The van der Waals surface area contributed by atoms with E-state index in [9.17, 15) is 13.2 Å². The van der Waals surface area contributed by atoms with Crippen molar-refractivity contribution in [2.45, 2.75) is 43.4 Å². The van der Waals surface area contributed by atoms with E-state index in [1.165, 1.54) is 17.8 Å². The number of halogens is 1. The lowest BCUT2D eigenvalue weighted by molar-refractivity contribution is -0.120. The number of benzene rings is 1. The number of hydrogen-bond acceptors (Lipinski definition) is 6. The highest BCUT2D eigenvalue weighted by Crippen LogP contribution is 2.26. The van der Waals surface area contributed by atoms with Crippen LogP contribution in [0.1, 0.15) is 37.1 Å². The summed E-state index contributed by atoms with van der Waals surface area (Å²) >= 11 is 4.53. The maximum atomic E-state index is 12.4. The third kappa shape index (κ3) is 5.11. The molecule has 1 aliphatic carbocycles. The highest BCUT2D eigenvalue weighted by molar-refractivity contribution is 9.10. The van der Waals surface area contributed by atoms with E-state index < -0.39 is 9.84 Å². The first-order valence-corrected chi connectivity index (χ1v) is 11.8. The van der Waals surface area contributed by atoms with Gasteiger partial charge in [-0.3, -0.25) is 4.79 Å². The summed E-state index contributed by atoms with van der Waals surface area (Å²) in [7, 11) is -3.38. The number of carbonyl (C=O) groups excluding carboxylic acids is 1. The Labute approximate surface area is 165 Å². The van der Waals surface area contributed by atoms with Crippen molar-refractivity contribution >= 4 is 48.1 Å². The molecule has 0 unspecified atom stereocenters. The summed E-state index contributed by atoms with van der Waals surface area (Å²) in [6.45, 7) is 0. The molecule has 0 aliphatic heterocycles. The van der Waals surface area contributed by atoms with Crippen molar-refractivity contribution in [3.05, 3.63) is 33.7 Å². The topological polar surface area (TPSA) is 89.0 Å². The van der Waals surface area contributed by atoms with Crippen LogP contribution in [0.15, 0.2) is 33.6 Å². The zero-order valence-electron chi connectivity index (χ0n) is 14.2. The Morgan fingerprint density at radius 1 is 1.15 bits per heavy atom. The Balaban J connectivity index is 1.56. The van der Waals surface area contributed by atoms with E-state index in [0.717, 1.165) is 30.2 Å². The minimum absolute atomic E-state index is 0.00474. The quantitative estimate of drug-likeness (QED) is 0.711. The molecular weight excluding hydrogens is 438 g/mol. The minimum atomic E-state index is -3.38. The van der Waals surface area contributed by atoms with Gasteiger partial charge in [0.25, 0.3) is 0 Å². The zero-order valence-corrected chi connectivity index (χ0v) is 17.4. The Morgan fingerprint density at radius 3 is 2.54 bits per heavy atom. The standard InChI is InChI=1S/C17H20BrN3O3S2/c18-13-6-8-14(9-7-13)26(23,24)11-10-15-20-21-17(25-15)19-16(22)12-4-2-1-3-5-12/h6-9,12H,1-5,10-11H2,(H,19,21,22). The van der Waals surface area contributed by atoms with Crippen molar-refractivity contribution in [3.63, 3.8) is 0 Å². The lowest BCUT2D eigenvalue weighted by Crippen LogP contribution is -2.24. The number of aryl methyl sites for hydroxylation is 1. The van der Waals surface area contributed by atoms with Gasteiger partial charge in [-0.1, -0.05) is 46.5 Å². The predicted octanol–water partition coefficient (Wildman–Crippen LogP) is 3.84. The van der Waals surface area contributed by atoms with E-state index in [4.69, 9.17) is 0 Å². The second-order valence-electron chi connectivity index (χ2n) is 6.35. The van der Waals surface area contributed by atoms with E-state index >= 15 is 0 Å². The molecule has 0 atom stereocenters. The fraction of sp³-hybridized carbons (Fsp3) is 0.471. The molecule has 3 rings (SSSR count). The molecule has 0 spiro atoms. The van der Waals surface area contributed by atoms with E-state index in [0.29, 0.717) is 10.1 Å². The van der Waals surface area contributed by atoms with Gasteiger partial charge in [0.15, 0.2) is 9.84 Å². The fourth-order valence-electron chi connectivity index (χ4n) is 2.96. The number of hydrogen-bond donors (Lipinski definition) is 1. The van der Waals surface area contributed by atoms with E-state index in [-0.39, 0.29) is 28.9 Å². The van der Waals surface area contributed by atoms with Crippen LogP contribution in [-0.4, -0.2) is 30.3 Å². The van der Waals surface area contributed by atoms with Gasteiger partial charge in [-0.15, -0.1) is 10.2 Å². The van der Waals surface area contributed by atoms with Crippen molar-refractivity contribution < 1.29 is 13.2 Å². The van der Waals surface area contributed by atoms with E-state index in [2.05, 4.69) is 31.4 Å². The molecular formula is C17H20BrN3O3S2. The van der Waals surface area contributed by atoms with Crippen molar-refractivity contribution in [1.82, 2.24) is 10.2 Å². The van der Waals surface area contributed by atoms with Gasteiger partial charge in [-0.05, 0) is 37.1 Å². The summed E-state index contributed by atoms with van der Waals surface area (Å²) in [5, 5.41) is 11.8. The Kier molecular flexibility index (Phi) is 6.42. The first-order chi connectivity index (χ1) is 12.4. The maximum absolute atomic E-state index is 12.4. The number of sulfone groups is 1. The van der Waals surface area contributed by atoms with Crippen LogP contribution < -0.4 is 5.32 Å². The predicted molar refractivity (Wildman–Crippen MR) is 105 cm³/mol. The molecule has 1 aromatic heterocycles. The maximum Gasteiger partial charge on any atom is 0.229 e. The number of amides is 1. The van der Waals surface area contributed by atoms with Crippen molar-refractivity contribution in [2.75, 3.05) is 11.1 Å². The third-order valence-electron chi connectivity index (χ3n) is 4.43. The van der Waals surface area contributed by atoms with Gasteiger partial charge in [0, 0.05) is 16.8 Å². The van der Waals surface area contributed by atoms with Crippen LogP contribution in [0.4, 0.5) is 5.13 Å². The third-order valence-corrected chi connectivity index (χ3v) is 7.59. The monoisotopic (exact) mass is 457 g/mol. The molecule has 1 heterocycles. The fourth-order valence-corrected chi connectivity index (χ4v) is 5.34. The Bertz CT molecular complexity index is 860. The SMILES string of the molecule is O=C(Nc1nnc(CCS(=O)(=O)c2ccc(Br)cc2)s1)C1CCCCC1. The molecule has 0 bridgehead atoms. The molecule has 26 heavy (non-hydrogen) atoms. The molecule has 1 aliphatic rings. The first kappa shape index (κ1) is 19.4. The largest absolute Gasteiger partial charge is 0.300 e. The molecule has 1 saturated carbocycles. The summed E-state index contributed by atoms with van der Waals surface area (Å²) in [6.07, 6.45) is 5.49. The van der Waals surface area contributed by atoms with Gasteiger partial charge in [-0.25, -0.2) is 8.42 Å². The first-order valence-electron chi connectivity index (χ1n) is 8.55. The summed E-state index contributed by atoms with van der Waals surface area (Å²) in [5.74, 6) is 0.00333. The molecule has 1 amide bonds. The zero-order chi connectivity index (χ0) is 18.6. The second-order valence-corrected chi connectivity index (χ2v) is 10.4. The number of nitrogens with zero attached hydrogens (tertiary/aromatic N) is 2. The molecule has 6 nitrogen and oxygen atoms in total. The van der Waals surface area contributed by atoms with E-state index in [1.807, 2.05) is 0 Å².